The van der Waals surface area contributed by atoms with E-state index in [0.717, 1.165) is 51.6 Å². The molecule has 0 spiro atoms. The molecule has 3 unspecified atom stereocenters. The highest BCUT2D eigenvalue weighted by Crippen LogP contribution is 2.39. The van der Waals surface area contributed by atoms with Crippen molar-refractivity contribution in [3.05, 3.63) is 23.8 Å². The third-order valence-electron chi connectivity index (χ3n) is 9.55. The molecule has 0 bridgehead atoms. The standard InChI is InChI=1S/C31H49N7O3/c1-30(2)19-38(27(34)25(18-32)36(5)29(30)40)23-9-7-20(15-23)17-31(3,4)37-13-11-22(12-14-37)35-28(39)21-8-10-24(33)26(16-21)41-6/h8,10,16,18,20,22-23,25,32,34H,7,9,11-15,17,19,33H2,1-6H3,(H,35,39). The summed E-state index contributed by atoms with van der Waals surface area (Å²) in [6.45, 7) is 10.9. The van der Waals surface area contributed by atoms with Gasteiger partial charge in [-0.1, -0.05) is 0 Å². The van der Waals surface area contributed by atoms with Crippen LogP contribution in [0.2, 0.25) is 0 Å². The van der Waals surface area contributed by atoms with E-state index in [1.54, 1.807) is 37.3 Å². The van der Waals surface area contributed by atoms with Crippen LogP contribution < -0.4 is 15.8 Å². The first kappa shape index (κ1) is 30.8. The zero-order valence-corrected chi connectivity index (χ0v) is 25.6. The van der Waals surface area contributed by atoms with Crippen molar-refractivity contribution in [3.8, 4) is 5.75 Å². The van der Waals surface area contributed by atoms with E-state index in [1.165, 1.54) is 6.21 Å². The van der Waals surface area contributed by atoms with Gasteiger partial charge in [0.25, 0.3) is 5.91 Å². The molecule has 2 heterocycles. The van der Waals surface area contributed by atoms with Gasteiger partial charge in [-0.3, -0.25) is 19.9 Å². The number of anilines is 1. The Hall–Kier alpha value is -3.14. The van der Waals surface area contributed by atoms with Crippen molar-refractivity contribution in [2.75, 3.05) is 39.5 Å². The van der Waals surface area contributed by atoms with E-state index in [9.17, 15) is 9.59 Å². The lowest BCUT2D eigenvalue weighted by molar-refractivity contribution is -0.138. The molecule has 2 aliphatic heterocycles. The summed E-state index contributed by atoms with van der Waals surface area (Å²) in [6.07, 6.45) is 7.22. The van der Waals surface area contributed by atoms with Crippen LogP contribution in [0.3, 0.4) is 0 Å². The van der Waals surface area contributed by atoms with Crippen LogP contribution >= 0.6 is 0 Å². The van der Waals surface area contributed by atoms with E-state index in [-0.39, 0.29) is 29.4 Å². The van der Waals surface area contributed by atoms with Gasteiger partial charge >= 0.3 is 0 Å². The van der Waals surface area contributed by atoms with Crippen molar-refractivity contribution >= 4 is 29.6 Å². The molecule has 4 rings (SSSR count). The zero-order valence-electron chi connectivity index (χ0n) is 25.6. The Morgan fingerprint density at radius 1 is 1.22 bits per heavy atom. The van der Waals surface area contributed by atoms with E-state index >= 15 is 0 Å². The maximum absolute atomic E-state index is 13.0. The van der Waals surface area contributed by atoms with Crippen molar-refractivity contribution < 1.29 is 14.3 Å². The van der Waals surface area contributed by atoms with Crippen molar-refractivity contribution in [2.24, 2.45) is 11.3 Å². The maximum atomic E-state index is 13.0. The van der Waals surface area contributed by atoms with Gasteiger partial charge in [-0.25, -0.2) is 0 Å². The highest BCUT2D eigenvalue weighted by molar-refractivity contribution is 6.04. The topological polar surface area (TPSA) is 139 Å². The predicted molar refractivity (Wildman–Crippen MR) is 163 cm³/mol. The molecule has 0 aromatic heterocycles. The van der Waals surface area contributed by atoms with Crippen LogP contribution in [-0.2, 0) is 4.79 Å². The minimum atomic E-state index is -0.608. The van der Waals surface area contributed by atoms with Crippen molar-refractivity contribution in [3.63, 3.8) is 0 Å². The van der Waals surface area contributed by atoms with Crippen LogP contribution in [0.5, 0.6) is 5.75 Å². The molecule has 3 atom stereocenters. The van der Waals surface area contributed by atoms with E-state index in [2.05, 4.69) is 29.0 Å². The van der Waals surface area contributed by atoms with Crippen molar-refractivity contribution in [1.82, 2.24) is 20.0 Å². The van der Waals surface area contributed by atoms with E-state index < -0.39 is 11.5 Å². The van der Waals surface area contributed by atoms with Gasteiger partial charge in [0.05, 0.1) is 18.2 Å². The van der Waals surface area contributed by atoms with Crippen molar-refractivity contribution in [2.45, 2.75) is 89.9 Å². The van der Waals surface area contributed by atoms with Crippen LogP contribution in [0.15, 0.2) is 18.2 Å². The van der Waals surface area contributed by atoms with Gasteiger partial charge in [0, 0.05) is 56.1 Å². The number of nitrogens with zero attached hydrogens (tertiary/aromatic N) is 3. The fourth-order valence-corrected chi connectivity index (χ4v) is 7.16. The summed E-state index contributed by atoms with van der Waals surface area (Å²) >= 11 is 0. The molecule has 3 fully saturated rings. The molecule has 1 saturated carbocycles. The minimum absolute atomic E-state index is 0.0123. The summed E-state index contributed by atoms with van der Waals surface area (Å²) in [5.74, 6) is 1.31. The Morgan fingerprint density at radius 3 is 2.54 bits per heavy atom. The van der Waals surface area contributed by atoms with Crippen LogP contribution in [0.1, 0.15) is 76.6 Å². The molecule has 0 radical (unpaired) electrons. The number of hydrogen-bond acceptors (Lipinski definition) is 7. The normalized spacial score (nSPS) is 26.1. The third kappa shape index (κ3) is 6.52. The average molecular weight is 568 g/mol. The predicted octanol–water partition coefficient (Wildman–Crippen LogP) is 3.60. The monoisotopic (exact) mass is 567 g/mol. The molecule has 41 heavy (non-hydrogen) atoms. The number of hydrogen-bond donors (Lipinski definition) is 4. The maximum Gasteiger partial charge on any atom is 0.251 e. The largest absolute Gasteiger partial charge is 0.495 e. The van der Waals surface area contributed by atoms with Gasteiger partial charge in [0.2, 0.25) is 5.91 Å². The molecule has 10 heteroatoms. The van der Waals surface area contributed by atoms with Crippen LogP contribution in [-0.4, -0.2) is 96.0 Å². The van der Waals surface area contributed by atoms with E-state index in [1.807, 2.05) is 13.8 Å². The Bertz CT molecular complexity index is 1160. The molecule has 1 aromatic carbocycles. The molecule has 2 saturated heterocycles. The van der Waals surface area contributed by atoms with Gasteiger partial charge in [-0.2, -0.15) is 0 Å². The summed E-state index contributed by atoms with van der Waals surface area (Å²) in [7, 11) is 3.26. The molecule has 1 aromatic rings. The number of nitrogen functional groups attached to an aromatic ring is 1. The molecule has 5 N–H and O–H groups in total. The third-order valence-corrected chi connectivity index (χ3v) is 9.55. The molecule has 3 aliphatic rings. The van der Waals surface area contributed by atoms with Crippen molar-refractivity contribution in [1.29, 1.82) is 10.8 Å². The second-order valence-corrected chi connectivity index (χ2v) is 13.5. The number of nitrogens with two attached hydrogens (primary N) is 1. The number of ether oxygens (including phenoxy) is 1. The SMILES string of the molecule is COc1cc(C(=O)NC2CCN(C(C)(C)CC3CCC(N4CC(C)(C)C(=O)N(C)C(C=N)C4=N)C3)CC2)ccc1N. The van der Waals surface area contributed by atoms with Crippen LogP contribution in [0, 0.1) is 22.2 Å². The summed E-state index contributed by atoms with van der Waals surface area (Å²) in [6, 6.07) is 4.87. The Kier molecular flexibility index (Phi) is 9.01. The number of amidine groups is 1. The van der Waals surface area contributed by atoms with Gasteiger partial charge < -0.3 is 31.0 Å². The number of nitrogens with one attached hydrogen (secondary N) is 3. The molecular weight excluding hydrogens is 518 g/mol. The average Bonchev–Trinajstić information content (AvgIpc) is 3.37. The smallest absolute Gasteiger partial charge is 0.251 e. The van der Waals surface area contributed by atoms with Gasteiger partial charge in [-0.05, 0) is 90.3 Å². The lowest BCUT2D eigenvalue weighted by Crippen LogP contribution is -2.52. The fraction of sp³-hybridized carbons (Fsp3) is 0.677. The van der Waals surface area contributed by atoms with Crippen LogP contribution in [0.25, 0.3) is 0 Å². The summed E-state index contributed by atoms with van der Waals surface area (Å²) < 4.78 is 5.26. The number of rotatable bonds is 8. The first-order valence-corrected chi connectivity index (χ1v) is 14.9. The number of benzene rings is 1. The first-order valence-electron chi connectivity index (χ1n) is 14.9. The van der Waals surface area contributed by atoms with Gasteiger partial charge in [0.15, 0.2) is 0 Å². The molecule has 1 aliphatic carbocycles. The number of likely N-dealkylation sites (tertiary alicyclic amines) is 1. The lowest BCUT2D eigenvalue weighted by atomic mass is 9.86. The number of amides is 2. The summed E-state index contributed by atoms with van der Waals surface area (Å²) in [4.78, 5) is 32.1. The van der Waals surface area contributed by atoms with E-state index in [0.29, 0.717) is 35.3 Å². The van der Waals surface area contributed by atoms with Gasteiger partial charge in [0.1, 0.15) is 17.6 Å². The fourth-order valence-electron chi connectivity index (χ4n) is 7.16. The Balaban J connectivity index is 1.31. The molecule has 2 amide bonds. The second kappa shape index (κ2) is 12.0. The number of carbonyl (C=O) groups excluding carboxylic acids is 2. The number of piperidine rings is 1. The summed E-state index contributed by atoms with van der Waals surface area (Å²) in [5.41, 5.74) is 6.38. The lowest BCUT2D eigenvalue weighted by Gasteiger charge is -2.44. The molecular formula is C31H49N7O3. The minimum Gasteiger partial charge on any atom is -0.495 e. The second-order valence-electron chi connectivity index (χ2n) is 13.5. The first-order chi connectivity index (χ1) is 19.3. The summed E-state index contributed by atoms with van der Waals surface area (Å²) in [5, 5.41) is 20.0. The van der Waals surface area contributed by atoms with E-state index in [4.69, 9.17) is 21.3 Å². The highest BCUT2D eigenvalue weighted by Gasteiger charge is 2.45. The van der Waals surface area contributed by atoms with Gasteiger partial charge in [-0.15, -0.1) is 0 Å². The number of carbonyl (C=O) groups is 2. The number of likely N-dealkylation sites (N-methyl/N-ethyl adjacent to an activating group) is 1. The Labute approximate surface area is 245 Å². The molecule has 226 valence electrons. The number of methoxy groups -OCH3 is 1. The zero-order chi connectivity index (χ0) is 30.1. The Morgan fingerprint density at radius 2 is 1.90 bits per heavy atom. The highest BCUT2D eigenvalue weighted by atomic mass is 16.5. The molecule has 10 nitrogen and oxygen atoms in total. The van der Waals surface area contributed by atoms with Crippen LogP contribution in [0.4, 0.5) is 5.69 Å². The quantitative estimate of drug-likeness (QED) is 0.280.